The van der Waals surface area contributed by atoms with Gasteiger partial charge in [0.25, 0.3) is 0 Å². The highest BCUT2D eigenvalue weighted by molar-refractivity contribution is 6.14. The average molecular weight is 367 g/mol. The number of benzene rings is 2. The molecule has 0 amide bonds. The van der Waals surface area contributed by atoms with Gasteiger partial charge in [-0.2, -0.15) is 0 Å². The third-order valence-electron chi connectivity index (χ3n) is 4.25. The molecule has 27 heavy (non-hydrogen) atoms. The molecule has 0 saturated carbocycles. The fraction of sp³-hybridized carbons (Fsp3) is 0.238. The molecule has 0 fully saturated rings. The summed E-state index contributed by atoms with van der Waals surface area (Å²) in [6.45, 7) is 2.04. The molecule has 0 radical (unpaired) electrons. The summed E-state index contributed by atoms with van der Waals surface area (Å²) in [6.07, 6.45) is 2.51. The van der Waals surface area contributed by atoms with Crippen LogP contribution in [0.25, 0.3) is 6.08 Å². The minimum absolute atomic E-state index is 0.157. The van der Waals surface area contributed by atoms with Gasteiger partial charge in [0.15, 0.2) is 5.70 Å². The van der Waals surface area contributed by atoms with Crippen molar-refractivity contribution in [2.75, 3.05) is 21.3 Å². The van der Waals surface area contributed by atoms with Gasteiger partial charge in [-0.25, -0.2) is 9.79 Å². The van der Waals surface area contributed by atoms with Gasteiger partial charge < -0.3 is 18.9 Å². The van der Waals surface area contributed by atoms with Gasteiger partial charge in [-0.1, -0.05) is 19.1 Å². The Labute approximate surface area is 158 Å². The number of aryl methyl sites for hydroxylation is 1. The number of methoxy groups -OCH3 is 3. The molecule has 3 rings (SSSR count). The number of carbonyl (C=O) groups is 1. The summed E-state index contributed by atoms with van der Waals surface area (Å²) in [6, 6.07) is 11.0. The summed E-state index contributed by atoms with van der Waals surface area (Å²) < 4.78 is 21.4. The molecule has 140 valence electrons. The number of nitrogens with zero attached hydrogens (tertiary/aromatic N) is 1. The fourth-order valence-corrected chi connectivity index (χ4v) is 2.90. The molecule has 2 aromatic carbocycles. The Balaban J connectivity index is 2.02. The molecule has 0 N–H and O–H groups in total. The Bertz CT molecular complexity index is 908. The Morgan fingerprint density at radius 2 is 1.67 bits per heavy atom. The minimum atomic E-state index is -0.521. The number of aliphatic imine (C=N–C) groups is 1. The molecule has 6 heteroatoms. The van der Waals surface area contributed by atoms with E-state index in [-0.39, 0.29) is 11.6 Å². The van der Waals surface area contributed by atoms with Crippen molar-refractivity contribution >= 4 is 17.9 Å². The Morgan fingerprint density at radius 1 is 1.00 bits per heavy atom. The monoisotopic (exact) mass is 367 g/mol. The first-order chi connectivity index (χ1) is 13.1. The molecule has 1 aliphatic rings. The van der Waals surface area contributed by atoms with Crippen molar-refractivity contribution < 1.29 is 23.7 Å². The summed E-state index contributed by atoms with van der Waals surface area (Å²) >= 11 is 0. The van der Waals surface area contributed by atoms with Gasteiger partial charge in [0.1, 0.15) is 22.8 Å². The van der Waals surface area contributed by atoms with E-state index < -0.39 is 5.97 Å². The highest BCUT2D eigenvalue weighted by Gasteiger charge is 2.28. The number of ether oxygens (including phenoxy) is 4. The number of rotatable bonds is 6. The second kappa shape index (κ2) is 7.95. The Hall–Kier alpha value is -3.28. The zero-order valence-electron chi connectivity index (χ0n) is 15.7. The first-order valence-electron chi connectivity index (χ1n) is 8.52. The predicted octanol–water partition coefficient (Wildman–Crippen LogP) is 3.62. The van der Waals surface area contributed by atoms with Crippen LogP contribution in [0, 0.1) is 0 Å². The molecule has 0 saturated heterocycles. The van der Waals surface area contributed by atoms with Crippen LogP contribution in [0.1, 0.15) is 23.6 Å². The van der Waals surface area contributed by atoms with E-state index in [1.807, 2.05) is 25.1 Å². The third kappa shape index (κ3) is 3.65. The van der Waals surface area contributed by atoms with Crippen LogP contribution in [0.15, 0.2) is 47.1 Å². The molecular formula is C21H21NO5. The lowest BCUT2D eigenvalue weighted by molar-refractivity contribution is -0.129. The topological polar surface area (TPSA) is 66.3 Å². The molecule has 0 spiro atoms. The summed E-state index contributed by atoms with van der Waals surface area (Å²) in [7, 11) is 4.71. The molecule has 2 aromatic rings. The number of esters is 1. The van der Waals surface area contributed by atoms with E-state index in [1.54, 1.807) is 31.4 Å². The second-order valence-corrected chi connectivity index (χ2v) is 5.80. The van der Waals surface area contributed by atoms with Crippen LogP contribution < -0.4 is 14.2 Å². The smallest absolute Gasteiger partial charge is 0.363 e. The molecule has 0 bridgehead atoms. The normalized spacial score (nSPS) is 14.7. The van der Waals surface area contributed by atoms with Crippen molar-refractivity contribution in [3.05, 3.63) is 58.8 Å². The number of hydrogen-bond donors (Lipinski definition) is 0. The van der Waals surface area contributed by atoms with Gasteiger partial charge in [0, 0.05) is 0 Å². The van der Waals surface area contributed by atoms with Crippen molar-refractivity contribution in [2.45, 2.75) is 13.3 Å². The molecule has 0 aliphatic carbocycles. The van der Waals surface area contributed by atoms with E-state index in [0.29, 0.717) is 17.1 Å². The minimum Gasteiger partial charge on any atom is -0.496 e. The summed E-state index contributed by atoms with van der Waals surface area (Å²) in [4.78, 5) is 16.7. The molecule has 1 heterocycles. The van der Waals surface area contributed by atoms with Crippen molar-refractivity contribution in [2.24, 2.45) is 4.99 Å². The van der Waals surface area contributed by atoms with Crippen molar-refractivity contribution in [3.8, 4) is 17.2 Å². The largest absolute Gasteiger partial charge is 0.496 e. The summed E-state index contributed by atoms with van der Waals surface area (Å²) in [5.41, 5.74) is 2.61. The Kier molecular flexibility index (Phi) is 5.45. The molecule has 0 atom stereocenters. The van der Waals surface area contributed by atoms with E-state index in [0.717, 1.165) is 23.3 Å². The maximum atomic E-state index is 12.3. The van der Waals surface area contributed by atoms with Crippen LogP contribution in [0.3, 0.4) is 0 Å². The first-order valence-corrected chi connectivity index (χ1v) is 8.52. The van der Waals surface area contributed by atoms with Gasteiger partial charge >= 0.3 is 5.97 Å². The van der Waals surface area contributed by atoms with Crippen molar-refractivity contribution in [1.82, 2.24) is 0 Å². The van der Waals surface area contributed by atoms with E-state index in [1.165, 1.54) is 14.2 Å². The van der Waals surface area contributed by atoms with Gasteiger partial charge in [-0.3, -0.25) is 0 Å². The third-order valence-corrected chi connectivity index (χ3v) is 4.25. The Morgan fingerprint density at radius 3 is 2.26 bits per heavy atom. The van der Waals surface area contributed by atoms with Gasteiger partial charge in [-0.15, -0.1) is 0 Å². The van der Waals surface area contributed by atoms with Gasteiger partial charge in [-0.05, 0) is 47.9 Å². The predicted molar refractivity (Wildman–Crippen MR) is 103 cm³/mol. The first kappa shape index (κ1) is 18.5. The van der Waals surface area contributed by atoms with Crippen LogP contribution in [0.2, 0.25) is 0 Å². The average Bonchev–Trinajstić information content (AvgIpc) is 3.06. The van der Waals surface area contributed by atoms with Crippen LogP contribution in [-0.4, -0.2) is 33.2 Å². The maximum Gasteiger partial charge on any atom is 0.363 e. The van der Waals surface area contributed by atoms with Crippen molar-refractivity contribution in [3.63, 3.8) is 0 Å². The lowest BCUT2D eigenvalue weighted by Crippen LogP contribution is -2.08. The SMILES string of the molecule is CCc1cc(/C=C2/N=C(c3c(OC)cccc3OC)OC2=O)ccc1OC. The maximum absolute atomic E-state index is 12.3. The summed E-state index contributed by atoms with van der Waals surface area (Å²) in [5, 5.41) is 0. The molecule has 0 unspecified atom stereocenters. The van der Waals surface area contributed by atoms with E-state index in [4.69, 9.17) is 18.9 Å². The zero-order valence-corrected chi connectivity index (χ0v) is 15.7. The van der Waals surface area contributed by atoms with Crippen LogP contribution in [-0.2, 0) is 16.0 Å². The van der Waals surface area contributed by atoms with E-state index >= 15 is 0 Å². The number of cyclic esters (lactones) is 1. The second-order valence-electron chi connectivity index (χ2n) is 5.80. The summed E-state index contributed by atoms with van der Waals surface area (Å²) in [5.74, 6) is 1.48. The standard InChI is InChI=1S/C21H21NO5/c1-5-14-11-13(9-10-16(14)24-2)12-15-21(23)27-20(22-15)19-17(25-3)7-6-8-18(19)26-4/h6-12H,5H2,1-4H3/b15-12+. The van der Waals surface area contributed by atoms with Crippen molar-refractivity contribution in [1.29, 1.82) is 0 Å². The van der Waals surface area contributed by atoms with Gasteiger partial charge in [0.2, 0.25) is 5.90 Å². The molecule has 1 aliphatic heterocycles. The van der Waals surface area contributed by atoms with E-state index in [9.17, 15) is 4.79 Å². The zero-order chi connectivity index (χ0) is 19.4. The van der Waals surface area contributed by atoms with E-state index in [2.05, 4.69) is 4.99 Å². The lowest BCUT2D eigenvalue weighted by atomic mass is 10.1. The van der Waals surface area contributed by atoms with Crippen LogP contribution in [0.5, 0.6) is 17.2 Å². The molecule has 0 aromatic heterocycles. The molecule has 6 nitrogen and oxygen atoms in total. The number of hydrogen-bond acceptors (Lipinski definition) is 6. The fourth-order valence-electron chi connectivity index (χ4n) is 2.90. The highest BCUT2D eigenvalue weighted by Crippen LogP contribution is 2.32. The highest BCUT2D eigenvalue weighted by atomic mass is 16.6. The quantitative estimate of drug-likeness (QED) is 0.576. The number of carbonyl (C=O) groups excluding carboxylic acids is 1. The van der Waals surface area contributed by atoms with Crippen LogP contribution >= 0.6 is 0 Å². The lowest BCUT2D eigenvalue weighted by Gasteiger charge is -2.11. The van der Waals surface area contributed by atoms with Crippen LogP contribution in [0.4, 0.5) is 0 Å². The van der Waals surface area contributed by atoms with Gasteiger partial charge in [0.05, 0.1) is 21.3 Å². The molecular weight excluding hydrogens is 346 g/mol.